The second-order valence-corrected chi connectivity index (χ2v) is 5.07. The summed E-state index contributed by atoms with van der Waals surface area (Å²) in [6, 6.07) is 8.28. The van der Waals surface area contributed by atoms with E-state index in [9.17, 15) is 9.59 Å². The highest BCUT2D eigenvalue weighted by Gasteiger charge is 2.31. The van der Waals surface area contributed by atoms with Gasteiger partial charge in [-0.2, -0.15) is 0 Å². The van der Waals surface area contributed by atoms with Gasteiger partial charge in [0.2, 0.25) is 0 Å². The summed E-state index contributed by atoms with van der Waals surface area (Å²) in [5, 5.41) is 9.14. The van der Waals surface area contributed by atoms with Crippen molar-refractivity contribution in [1.29, 1.82) is 0 Å². The monoisotopic (exact) mass is 303 g/mol. The van der Waals surface area contributed by atoms with Crippen LogP contribution in [0.2, 0.25) is 0 Å². The van der Waals surface area contributed by atoms with Gasteiger partial charge in [0.25, 0.3) is 0 Å². The Balaban J connectivity index is 2.98. The van der Waals surface area contributed by atoms with Crippen molar-refractivity contribution >= 4 is 35.1 Å². The van der Waals surface area contributed by atoms with E-state index in [4.69, 9.17) is 28.3 Å². The summed E-state index contributed by atoms with van der Waals surface area (Å²) in [6.07, 6.45) is -0.902. The molecule has 0 spiro atoms. The van der Waals surface area contributed by atoms with E-state index in [-0.39, 0.29) is 13.0 Å². The Bertz CT molecular complexity index is 437. The van der Waals surface area contributed by atoms with Crippen LogP contribution in [0, 0.1) is 0 Å². The number of carboxylic acid groups (broad SMARTS) is 1. The van der Waals surface area contributed by atoms with Gasteiger partial charge in [0.15, 0.2) is 10.6 Å². The van der Waals surface area contributed by atoms with E-state index in [1.54, 1.807) is 6.92 Å². The molecule has 104 valence electrons. The van der Waals surface area contributed by atoms with Gasteiger partial charge in [0, 0.05) is 13.0 Å². The number of alkyl halides is 2. The lowest BCUT2D eigenvalue weighted by atomic mass is 10.0. The maximum Gasteiger partial charge on any atom is 0.407 e. The van der Waals surface area contributed by atoms with Crippen LogP contribution in [-0.4, -0.2) is 39.3 Å². The number of amides is 1. The molecule has 19 heavy (non-hydrogen) atoms. The summed E-state index contributed by atoms with van der Waals surface area (Å²) in [6.45, 7) is 1.86. The zero-order valence-corrected chi connectivity index (χ0v) is 11.9. The van der Waals surface area contributed by atoms with Gasteiger partial charge in [-0.1, -0.05) is 53.5 Å². The Hall–Kier alpha value is -1.26. The van der Waals surface area contributed by atoms with E-state index >= 15 is 0 Å². The fourth-order valence-electron chi connectivity index (χ4n) is 1.84. The van der Waals surface area contributed by atoms with Gasteiger partial charge in [0.1, 0.15) is 6.04 Å². The Morgan fingerprint density at radius 2 is 1.84 bits per heavy atom. The van der Waals surface area contributed by atoms with E-state index in [2.05, 4.69) is 0 Å². The largest absolute Gasteiger partial charge is 0.465 e. The minimum Gasteiger partial charge on any atom is -0.465 e. The molecule has 0 aliphatic rings. The molecule has 1 N–H and O–H groups in total. The Morgan fingerprint density at radius 1 is 1.26 bits per heavy atom. The number of ketones is 1. The first-order valence-corrected chi connectivity index (χ1v) is 6.70. The molecule has 4 nitrogen and oxygen atoms in total. The fourth-order valence-corrected chi connectivity index (χ4v) is 2.13. The van der Waals surface area contributed by atoms with Crippen molar-refractivity contribution in [2.75, 3.05) is 6.54 Å². The normalized spacial score (nSPS) is 12.2. The number of rotatable bonds is 6. The van der Waals surface area contributed by atoms with Gasteiger partial charge in [-0.25, -0.2) is 4.79 Å². The average Bonchev–Trinajstić information content (AvgIpc) is 2.38. The minimum atomic E-state index is -1.23. The summed E-state index contributed by atoms with van der Waals surface area (Å²) >= 11 is 11.2. The first-order chi connectivity index (χ1) is 8.97. The highest BCUT2D eigenvalue weighted by Crippen LogP contribution is 2.16. The van der Waals surface area contributed by atoms with Gasteiger partial charge in [0.05, 0.1) is 0 Å². The summed E-state index contributed by atoms with van der Waals surface area (Å²) in [5.41, 5.74) is 0.856. The van der Waals surface area contributed by atoms with Gasteiger partial charge in [-0.05, 0) is 12.5 Å². The molecule has 0 aliphatic heterocycles. The van der Waals surface area contributed by atoms with Crippen molar-refractivity contribution in [3.8, 4) is 0 Å². The standard InChI is InChI=1S/C13H15Cl2NO3/c1-2-16(13(18)19)10(11(17)12(14)15)8-9-6-4-3-5-7-9/h3-7,10,12H,2,8H2,1H3,(H,18,19)/t10-/m1/s1. The smallest absolute Gasteiger partial charge is 0.407 e. The van der Waals surface area contributed by atoms with Crippen LogP contribution in [0.5, 0.6) is 0 Å². The zero-order valence-electron chi connectivity index (χ0n) is 10.4. The number of carbonyl (C=O) groups excluding carboxylic acids is 1. The number of carbonyl (C=O) groups is 2. The Kier molecular flexibility index (Phi) is 6.12. The van der Waals surface area contributed by atoms with Crippen molar-refractivity contribution in [3.63, 3.8) is 0 Å². The summed E-state index contributed by atoms with van der Waals surface area (Å²) in [4.78, 5) is 23.0. The Labute approximate surface area is 121 Å². The zero-order chi connectivity index (χ0) is 14.4. The Morgan fingerprint density at radius 3 is 2.26 bits per heavy atom. The lowest BCUT2D eigenvalue weighted by molar-refractivity contribution is -0.122. The topological polar surface area (TPSA) is 57.6 Å². The van der Waals surface area contributed by atoms with Gasteiger partial charge in [-0.15, -0.1) is 0 Å². The van der Waals surface area contributed by atoms with E-state index in [1.807, 2.05) is 30.3 Å². The van der Waals surface area contributed by atoms with Crippen molar-refractivity contribution < 1.29 is 14.7 Å². The molecular formula is C13H15Cl2NO3. The molecule has 1 amide bonds. The van der Waals surface area contributed by atoms with Crippen LogP contribution in [0.25, 0.3) is 0 Å². The molecule has 0 saturated carbocycles. The molecule has 0 saturated heterocycles. The van der Waals surface area contributed by atoms with Gasteiger partial charge < -0.3 is 5.11 Å². The number of hydrogen-bond acceptors (Lipinski definition) is 2. The maximum atomic E-state index is 12.0. The van der Waals surface area contributed by atoms with Crippen LogP contribution >= 0.6 is 23.2 Å². The van der Waals surface area contributed by atoms with Gasteiger partial charge >= 0.3 is 6.09 Å². The van der Waals surface area contributed by atoms with Crippen LogP contribution < -0.4 is 0 Å². The molecule has 0 aliphatic carbocycles. The number of likely N-dealkylation sites (N-methyl/N-ethyl adjacent to an activating group) is 1. The van der Waals surface area contributed by atoms with E-state index < -0.39 is 22.8 Å². The van der Waals surface area contributed by atoms with Gasteiger partial charge in [-0.3, -0.25) is 9.69 Å². The van der Waals surface area contributed by atoms with Crippen molar-refractivity contribution in [1.82, 2.24) is 4.90 Å². The fraction of sp³-hybridized carbons (Fsp3) is 0.385. The number of halogens is 2. The first-order valence-electron chi connectivity index (χ1n) is 5.82. The molecule has 0 bridgehead atoms. The highest BCUT2D eigenvalue weighted by molar-refractivity contribution is 6.54. The number of nitrogens with zero attached hydrogens (tertiary/aromatic N) is 1. The molecule has 1 rings (SSSR count). The van der Waals surface area contributed by atoms with E-state index in [1.165, 1.54) is 0 Å². The SMILES string of the molecule is CCN(C(=O)O)[C@H](Cc1ccccc1)C(=O)C(Cl)Cl. The second-order valence-electron chi connectivity index (χ2n) is 3.98. The molecule has 0 heterocycles. The summed E-state index contributed by atoms with van der Waals surface area (Å²) in [7, 11) is 0. The van der Waals surface area contributed by atoms with Crippen molar-refractivity contribution in [3.05, 3.63) is 35.9 Å². The quantitative estimate of drug-likeness (QED) is 0.822. The molecular weight excluding hydrogens is 289 g/mol. The van der Waals surface area contributed by atoms with Crippen LogP contribution in [0.4, 0.5) is 4.79 Å². The van der Waals surface area contributed by atoms with Crippen LogP contribution in [0.3, 0.4) is 0 Å². The molecule has 0 radical (unpaired) electrons. The van der Waals surface area contributed by atoms with Crippen LogP contribution in [-0.2, 0) is 11.2 Å². The number of hydrogen-bond donors (Lipinski definition) is 1. The molecule has 0 fully saturated rings. The maximum absolute atomic E-state index is 12.0. The third kappa shape index (κ3) is 4.40. The molecule has 1 aromatic rings. The predicted molar refractivity (Wildman–Crippen MR) is 74.8 cm³/mol. The first kappa shape index (κ1) is 15.8. The summed E-state index contributed by atoms with van der Waals surface area (Å²) in [5.74, 6) is -0.503. The number of benzene rings is 1. The summed E-state index contributed by atoms with van der Waals surface area (Å²) < 4.78 is 0. The van der Waals surface area contributed by atoms with Crippen LogP contribution in [0.15, 0.2) is 30.3 Å². The van der Waals surface area contributed by atoms with E-state index in [0.717, 1.165) is 10.5 Å². The molecule has 0 unspecified atom stereocenters. The second kappa shape index (κ2) is 7.36. The third-order valence-corrected chi connectivity index (χ3v) is 3.21. The molecule has 1 atom stereocenters. The van der Waals surface area contributed by atoms with Crippen molar-refractivity contribution in [2.45, 2.75) is 24.2 Å². The molecule has 6 heteroatoms. The van der Waals surface area contributed by atoms with Crippen molar-refractivity contribution in [2.24, 2.45) is 0 Å². The number of Topliss-reactive ketones (excluding diaryl/α,β-unsaturated/α-hetero) is 1. The van der Waals surface area contributed by atoms with Crippen LogP contribution in [0.1, 0.15) is 12.5 Å². The minimum absolute atomic E-state index is 0.194. The lowest BCUT2D eigenvalue weighted by Crippen LogP contribution is -2.47. The molecule has 1 aromatic carbocycles. The lowest BCUT2D eigenvalue weighted by Gasteiger charge is -2.27. The molecule has 0 aromatic heterocycles. The predicted octanol–water partition coefficient (Wildman–Crippen LogP) is 2.97. The van der Waals surface area contributed by atoms with E-state index in [0.29, 0.717) is 0 Å². The average molecular weight is 304 g/mol. The third-order valence-electron chi connectivity index (χ3n) is 2.78. The highest BCUT2D eigenvalue weighted by atomic mass is 35.5.